The maximum Gasteiger partial charge on any atom is 0.276 e. The van der Waals surface area contributed by atoms with Gasteiger partial charge in [0, 0.05) is 25.3 Å². The molecule has 1 aliphatic rings. The number of nitrogens with one attached hydrogen (secondary N) is 1. The minimum atomic E-state index is -0.353. The lowest BCUT2D eigenvalue weighted by Gasteiger charge is -2.33. The highest BCUT2D eigenvalue weighted by atomic mass is 32.1. The fraction of sp³-hybridized carbons (Fsp3) is 0.286. The number of nitrogens with two attached hydrogens (primary N) is 2. The van der Waals surface area contributed by atoms with Gasteiger partial charge in [0.1, 0.15) is 0 Å². The summed E-state index contributed by atoms with van der Waals surface area (Å²) in [5.41, 5.74) is 16.1. The standard InChI is InChI=1S/C21H24N6OS/c1-13-7-10-29-20(13)16-5-4-15(23)19(25-16)21(28)26-17-11-24-8-6-18(17)27-9-2-3-14(22)12-27/h4-8,10-11,14H,2-3,9,12,22-23H2,1H3,(H,26,28). The summed E-state index contributed by atoms with van der Waals surface area (Å²) < 4.78 is 0. The van der Waals surface area contributed by atoms with E-state index in [9.17, 15) is 4.79 Å². The number of nitrogens with zero attached hydrogens (tertiary/aromatic N) is 3. The summed E-state index contributed by atoms with van der Waals surface area (Å²) in [6, 6.07) is 7.63. The highest BCUT2D eigenvalue weighted by Crippen LogP contribution is 2.30. The summed E-state index contributed by atoms with van der Waals surface area (Å²) in [6.07, 6.45) is 5.40. The van der Waals surface area contributed by atoms with Gasteiger partial charge in [-0.05, 0) is 55.0 Å². The average Bonchev–Trinajstić information content (AvgIpc) is 3.14. The molecule has 3 aromatic heterocycles. The van der Waals surface area contributed by atoms with Gasteiger partial charge >= 0.3 is 0 Å². The molecule has 3 aromatic rings. The van der Waals surface area contributed by atoms with Gasteiger partial charge in [-0.1, -0.05) is 0 Å². The zero-order chi connectivity index (χ0) is 20.4. The Kier molecular flexibility index (Phi) is 5.46. The van der Waals surface area contributed by atoms with E-state index in [2.05, 4.69) is 20.2 Å². The Morgan fingerprint density at radius 3 is 2.93 bits per heavy atom. The molecular weight excluding hydrogens is 384 g/mol. The van der Waals surface area contributed by atoms with E-state index in [0.717, 1.165) is 47.8 Å². The summed E-state index contributed by atoms with van der Waals surface area (Å²) >= 11 is 1.59. The van der Waals surface area contributed by atoms with E-state index in [1.165, 1.54) is 0 Å². The Hall–Kier alpha value is -2.97. The topological polar surface area (TPSA) is 110 Å². The Morgan fingerprint density at radius 2 is 2.17 bits per heavy atom. The quantitative estimate of drug-likeness (QED) is 0.611. The monoisotopic (exact) mass is 408 g/mol. The number of nitrogen functional groups attached to an aromatic ring is 1. The molecule has 29 heavy (non-hydrogen) atoms. The van der Waals surface area contributed by atoms with E-state index in [4.69, 9.17) is 11.5 Å². The number of aryl methyl sites for hydroxylation is 1. The summed E-state index contributed by atoms with van der Waals surface area (Å²) in [6.45, 7) is 3.67. The van der Waals surface area contributed by atoms with Crippen molar-refractivity contribution < 1.29 is 4.79 Å². The van der Waals surface area contributed by atoms with Crippen LogP contribution in [0, 0.1) is 6.92 Å². The van der Waals surface area contributed by atoms with Crippen molar-refractivity contribution in [2.24, 2.45) is 5.73 Å². The van der Waals surface area contributed by atoms with E-state index in [1.807, 2.05) is 30.5 Å². The lowest BCUT2D eigenvalue weighted by molar-refractivity contribution is 0.102. The van der Waals surface area contributed by atoms with Gasteiger partial charge < -0.3 is 21.7 Å². The normalized spacial score (nSPS) is 16.6. The van der Waals surface area contributed by atoms with Gasteiger partial charge in [-0.25, -0.2) is 4.98 Å². The molecule has 0 aliphatic carbocycles. The van der Waals surface area contributed by atoms with Gasteiger partial charge in [0.05, 0.1) is 33.8 Å². The Bertz CT molecular complexity index is 1030. The minimum Gasteiger partial charge on any atom is -0.397 e. The van der Waals surface area contributed by atoms with Crippen molar-refractivity contribution in [3.63, 3.8) is 0 Å². The van der Waals surface area contributed by atoms with Crippen LogP contribution in [-0.2, 0) is 0 Å². The number of thiophene rings is 1. The molecular formula is C21H24N6OS. The van der Waals surface area contributed by atoms with Gasteiger partial charge in [-0.2, -0.15) is 0 Å². The van der Waals surface area contributed by atoms with Crippen LogP contribution in [0.1, 0.15) is 28.9 Å². The molecule has 0 bridgehead atoms. The fourth-order valence-corrected chi connectivity index (χ4v) is 4.48. The van der Waals surface area contributed by atoms with Crippen molar-refractivity contribution in [2.75, 3.05) is 29.0 Å². The molecule has 7 nitrogen and oxygen atoms in total. The Labute approximate surface area is 173 Å². The molecule has 0 aromatic carbocycles. The van der Waals surface area contributed by atoms with Crippen molar-refractivity contribution in [1.82, 2.24) is 9.97 Å². The van der Waals surface area contributed by atoms with E-state index in [0.29, 0.717) is 11.4 Å². The van der Waals surface area contributed by atoms with Crippen LogP contribution in [0.2, 0.25) is 0 Å². The SMILES string of the molecule is Cc1ccsc1-c1ccc(N)c(C(=O)Nc2cnccc2N2CCCC(N)C2)n1. The summed E-state index contributed by atoms with van der Waals surface area (Å²) in [4.78, 5) is 25.0. The smallest absolute Gasteiger partial charge is 0.276 e. The molecule has 0 spiro atoms. The van der Waals surface area contributed by atoms with Crippen LogP contribution in [0.4, 0.5) is 17.1 Å². The maximum atomic E-state index is 13.0. The van der Waals surface area contributed by atoms with Gasteiger partial charge in [0.2, 0.25) is 0 Å². The van der Waals surface area contributed by atoms with E-state index in [1.54, 1.807) is 29.8 Å². The van der Waals surface area contributed by atoms with Crippen LogP contribution < -0.4 is 21.7 Å². The average molecular weight is 409 g/mol. The number of carbonyl (C=O) groups excluding carboxylic acids is 1. The molecule has 1 fully saturated rings. The first-order chi connectivity index (χ1) is 14.0. The van der Waals surface area contributed by atoms with Gasteiger partial charge in [0.25, 0.3) is 5.91 Å². The van der Waals surface area contributed by atoms with Crippen LogP contribution in [0.15, 0.2) is 42.0 Å². The third-order valence-electron chi connectivity index (χ3n) is 5.08. The van der Waals surface area contributed by atoms with Crippen molar-refractivity contribution >= 4 is 34.3 Å². The number of pyridine rings is 2. The number of amides is 1. The number of hydrogen-bond acceptors (Lipinski definition) is 7. The summed E-state index contributed by atoms with van der Waals surface area (Å²) in [5, 5.41) is 4.95. The summed E-state index contributed by atoms with van der Waals surface area (Å²) in [7, 11) is 0. The number of rotatable bonds is 4. The van der Waals surface area contributed by atoms with Crippen molar-refractivity contribution in [1.29, 1.82) is 0 Å². The first kappa shape index (κ1) is 19.4. The number of piperidine rings is 1. The van der Waals surface area contributed by atoms with E-state index >= 15 is 0 Å². The van der Waals surface area contributed by atoms with Crippen LogP contribution in [0.3, 0.4) is 0 Å². The molecule has 4 heterocycles. The molecule has 0 saturated carbocycles. The maximum absolute atomic E-state index is 13.0. The van der Waals surface area contributed by atoms with Crippen LogP contribution in [0.25, 0.3) is 10.6 Å². The van der Waals surface area contributed by atoms with Crippen LogP contribution in [0.5, 0.6) is 0 Å². The van der Waals surface area contributed by atoms with E-state index < -0.39 is 0 Å². The van der Waals surface area contributed by atoms with Gasteiger partial charge in [-0.15, -0.1) is 11.3 Å². The zero-order valence-corrected chi connectivity index (χ0v) is 17.1. The van der Waals surface area contributed by atoms with Crippen LogP contribution >= 0.6 is 11.3 Å². The van der Waals surface area contributed by atoms with Gasteiger partial charge in [-0.3, -0.25) is 9.78 Å². The molecule has 1 saturated heterocycles. The molecule has 1 aliphatic heterocycles. The molecule has 4 rings (SSSR count). The first-order valence-corrected chi connectivity index (χ1v) is 10.5. The molecule has 1 unspecified atom stereocenters. The highest BCUT2D eigenvalue weighted by Gasteiger charge is 2.21. The predicted molar refractivity (Wildman–Crippen MR) is 118 cm³/mol. The van der Waals surface area contributed by atoms with Crippen molar-refractivity contribution in [3.05, 3.63) is 53.3 Å². The molecule has 150 valence electrons. The van der Waals surface area contributed by atoms with Crippen LogP contribution in [-0.4, -0.2) is 35.0 Å². The highest BCUT2D eigenvalue weighted by molar-refractivity contribution is 7.13. The number of carbonyl (C=O) groups is 1. The number of aromatic nitrogens is 2. The Morgan fingerprint density at radius 1 is 1.31 bits per heavy atom. The van der Waals surface area contributed by atoms with Crippen molar-refractivity contribution in [3.8, 4) is 10.6 Å². The molecule has 5 N–H and O–H groups in total. The second-order valence-corrected chi connectivity index (χ2v) is 8.18. The lowest BCUT2D eigenvalue weighted by Crippen LogP contribution is -2.43. The second kappa shape index (κ2) is 8.18. The van der Waals surface area contributed by atoms with E-state index in [-0.39, 0.29) is 17.6 Å². The largest absolute Gasteiger partial charge is 0.397 e. The zero-order valence-electron chi connectivity index (χ0n) is 16.3. The van der Waals surface area contributed by atoms with Gasteiger partial charge in [0.15, 0.2) is 5.69 Å². The molecule has 1 atom stereocenters. The Balaban J connectivity index is 1.61. The third-order valence-corrected chi connectivity index (χ3v) is 6.12. The summed E-state index contributed by atoms with van der Waals surface area (Å²) in [5.74, 6) is -0.353. The first-order valence-electron chi connectivity index (χ1n) is 9.60. The predicted octanol–water partition coefficient (Wildman–Crippen LogP) is 3.28. The van der Waals surface area contributed by atoms with Crippen molar-refractivity contribution in [2.45, 2.75) is 25.8 Å². The number of hydrogen-bond donors (Lipinski definition) is 3. The molecule has 1 amide bonds. The number of anilines is 3. The molecule has 0 radical (unpaired) electrons. The molecule has 8 heteroatoms. The lowest BCUT2D eigenvalue weighted by atomic mass is 10.1. The third kappa shape index (κ3) is 4.08. The fourth-order valence-electron chi connectivity index (χ4n) is 3.58. The minimum absolute atomic E-state index is 0.128. The second-order valence-electron chi connectivity index (χ2n) is 7.26.